The van der Waals surface area contributed by atoms with Gasteiger partial charge in [-0.2, -0.15) is 0 Å². The highest BCUT2D eigenvalue weighted by molar-refractivity contribution is 5.79. The van der Waals surface area contributed by atoms with Gasteiger partial charge in [-0.25, -0.2) is 4.98 Å². The summed E-state index contributed by atoms with van der Waals surface area (Å²) in [7, 11) is 3.16. The minimum Gasteiger partial charge on any atom is -0.493 e. The molecule has 2 aliphatic heterocycles. The normalized spacial score (nSPS) is 15.9. The molecular formula is C21H26N4O4. The predicted octanol–water partition coefficient (Wildman–Crippen LogP) is 1.51. The summed E-state index contributed by atoms with van der Waals surface area (Å²) >= 11 is 0. The number of H-pyrrole nitrogens is 1. The molecule has 0 unspecified atom stereocenters. The number of fused-ring (bicyclic) bond motifs is 1. The van der Waals surface area contributed by atoms with Gasteiger partial charge < -0.3 is 19.3 Å². The molecule has 0 atom stereocenters. The topological polar surface area (TPSA) is 87.8 Å². The fourth-order valence-corrected chi connectivity index (χ4v) is 4.00. The molecule has 1 saturated heterocycles. The van der Waals surface area contributed by atoms with E-state index in [1.165, 1.54) is 0 Å². The average Bonchev–Trinajstić information content (AvgIpc) is 3.28. The van der Waals surface area contributed by atoms with E-state index < -0.39 is 0 Å². The maximum absolute atomic E-state index is 12.9. The quantitative estimate of drug-likeness (QED) is 0.822. The van der Waals surface area contributed by atoms with Crippen molar-refractivity contribution in [3.63, 3.8) is 0 Å². The molecule has 2 aromatic rings. The summed E-state index contributed by atoms with van der Waals surface area (Å²) in [5.41, 5.74) is 2.18. The van der Waals surface area contributed by atoms with Crippen LogP contribution in [0.2, 0.25) is 0 Å². The maximum Gasteiger partial charge on any atom is 0.255 e. The molecule has 0 aliphatic carbocycles. The molecule has 3 heterocycles. The van der Waals surface area contributed by atoms with Crippen molar-refractivity contribution in [2.24, 2.45) is 0 Å². The van der Waals surface area contributed by atoms with E-state index in [0.717, 1.165) is 31.5 Å². The van der Waals surface area contributed by atoms with Gasteiger partial charge in [0, 0.05) is 25.2 Å². The van der Waals surface area contributed by atoms with E-state index in [9.17, 15) is 9.59 Å². The van der Waals surface area contributed by atoms with E-state index in [2.05, 4.69) is 14.9 Å². The molecule has 0 bridgehead atoms. The molecule has 0 saturated carbocycles. The number of aromatic amines is 1. The van der Waals surface area contributed by atoms with Crippen LogP contribution in [-0.2, 0) is 24.2 Å². The van der Waals surface area contributed by atoms with E-state index in [1.807, 2.05) is 12.1 Å². The lowest BCUT2D eigenvalue weighted by Crippen LogP contribution is -2.40. The van der Waals surface area contributed by atoms with Crippen LogP contribution in [0.15, 0.2) is 23.0 Å². The van der Waals surface area contributed by atoms with Gasteiger partial charge >= 0.3 is 0 Å². The smallest absolute Gasteiger partial charge is 0.255 e. The monoisotopic (exact) mass is 398 g/mol. The molecule has 0 radical (unpaired) electrons. The Labute approximate surface area is 169 Å². The van der Waals surface area contributed by atoms with Crippen LogP contribution in [-0.4, -0.2) is 54.6 Å². The van der Waals surface area contributed by atoms with Gasteiger partial charge in [-0.1, -0.05) is 6.07 Å². The Bertz CT molecular complexity index is 966. The molecular weight excluding hydrogens is 372 g/mol. The maximum atomic E-state index is 12.9. The second-order valence-corrected chi connectivity index (χ2v) is 7.44. The fourth-order valence-electron chi connectivity index (χ4n) is 4.00. The summed E-state index contributed by atoms with van der Waals surface area (Å²) in [5.74, 6) is 1.87. The molecule has 8 nitrogen and oxygen atoms in total. The Kier molecular flexibility index (Phi) is 5.42. The summed E-state index contributed by atoms with van der Waals surface area (Å²) in [4.78, 5) is 36.9. The molecule has 1 N–H and O–H groups in total. The van der Waals surface area contributed by atoms with Gasteiger partial charge in [0.25, 0.3) is 5.56 Å². The van der Waals surface area contributed by atoms with E-state index in [4.69, 9.17) is 9.47 Å². The highest BCUT2D eigenvalue weighted by atomic mass is 16.5. The number of carbonyl (C=O) groups excluding carboxylic acids is 1. The Balaban J connectivity index is 1.50. The van der Waals surface area contributed by atoms with Crippen molar-refractivity contribution < 1.29 is 14.3 Å². The molecule has 29 heavy (non-hydrogen) atoms. The number of amides is 1. The van der Waals surface area contributed by atoms with Crippen molar-refractivity contribution in [1.29, 1.82) is 0 Å². The average molecular weight is 398 g/mol. The number of hydrogen-bond donors (Lipinski definition) is 1. The first-order chi connectivity index (χ1) is 14.1. The predicted molar refractivity (Wildman–Crippen MR) is 109 cm³/mol. The van der Waals surface area contributed by atoms with E-state index in [1.54, 1.807) is 25.2 Å². The first kappa shape index (κ1) is 19.3. The SMILES string of the molecule is COc1ccc(CC(=O)N2CCc3c(nc(N4CCCC4)[nH]c3=O)C2)cc1OC. The number of aromatic nitrogens is 2. The summed E-state index contributed by atoms with van der Waals surface area (Å²) in [6.45, 7) is 2.70. The molecule has 1 amide bonds. The number of rotatable bonds is 5. The van der Waals surface area contributed by atoms with Crippen LogP contribution in [0.1, 0.15) is 29.7 Å². The lowest BCUT2D eigenvalue weighted by molar-refractivity contribution is -0.131. The van der Waals surface area contributed by atoms with Gasteiger partial charge in [0.1, 0.15) is 0 Å². The zero-order valence-corrected chi connectivity index (χ0v) is 16.9. The molecule has 1 fully saturated rings. The summed E-state index contributed by atoms with van der Waals surface area (Å²) in [6.07, 6.45) is 3.00. The Morgan fingerprint density at radius 1 is 1.14 bits per heavy atom. The van der Waals surface area contributed by atoms with Crippen molar-refractivity contribution in [3.8, 4) is 11.5 Å². The van der Waals surface area contributed by atoms with Crippen molar-refractivity contribution in [2.45, 2.75) is 32.2 Å². The van der Waals surface area contributed by atoms with Crippen molar-refractivity contribution in [2.75, 3.05) is 38.8 Å². The largest absolute Gasteiger partial charge is 0.493 e. The van der Waals surface area contributed by atoms with Crippen molar-refractivity contribution >= 4 is 11.9 Å². The molecule has 1 aromatic carbocycles. The first-order valence-corrected chi connectivity index (χ1v) is 9.94. The zero-order valence-electron chi connectivity index (χ0n) is 16.9. The third-order valence-corrected chi connectivity index (χ3v) is 5.62. The third kappa shape index (κ3) is 3.92. The van der Waals surface area contributed by atoms with Crippen LogP contribution in [0.25, 0.3) is 0 Å². The van der Waals surface area contributed by atoms with E-state index in [0.29, 0.717) is 48.2 Å². The first-order valence-electron chi connectivity index (χ1n) is 9.94. The molecule has 2 aliphatic rings. The highest BCUT2D eigenvalue weighted by Crippen LogP contribution is 2.28. The van der Waals surface area contributed by atoms with Gasteiger partial charge in [0.05, 0.1) is 32.9 Å². The highest BCUT2D eigenvalue weighted by Gasteiger charge is 2.26. The molecule has 1 aromatic heterocycles. The Morgan fingerprint density at radius 3 is 2.62 bits per heavy atom. The molecule has 154 valence electrons. The van der Waals surface area contributed by atoms with Crippen molar-refractivity contribution in [1.82, 2.24) is 14.9 Å². The Hall–Kier alpha value is -3.03. The lowest BCUT2D eigenvalue weighted by Gasteiger charge is -2.29. The van der Waals surface area contributed by atoms with Crippen LogP contribution in [0.3, 0.4) is 0 Å². The second kappa shape index (κ2) is 8.14. The van der Waals surface area contributed by atoms with Crippen molar-refractivity contribution in [3.05, 3.63) is 45.4 Å². The number of methoxy groups -OCH3 is 2. The van der Waals surface area contributed by atoms with Gasteiger partial charge in [-0.05, 0) is 37.0 Å². The van der Waals surface area contributed by atoms with Gasteiger partial charge in [0.15, 0.2) is 11.5 Å². The zero-order chi connectivity index (χ0) is 20.4. The number of carbonyl (C=O) groups is 1. The van der Waals surface area contributed by atoms with E-state index in [-0.39, 0.29) is 17.9 Å². The Morgan fingerprint density at radius 2 is 1.90 bits per heavy atom. The standard InChI is InChI=1S/C21H26N4O4/c1-28-17-6-5-14(11-18(17)29-2)12-19(26)25-10-7-15-16(13-25)22-21(23-20(15)27)24-8-3-4-9-24/h5-6,11H,3-4,7-10,12-13H2,1-2H3,(H,22,23,27). The van der Waals surface area contributed by atoms with Crippen LogP contribution in [0.5, 0.6) is 11.5 Å². The number of anilines is 1. The molecule has 4 rings (SSSR count). The van der Waals surface area contributed by atoms with Crippen LogP contribution < -0.4 is 19.9 Å². The number of hydrogen-bond acceptors (Lipinski definition) is 6. The van der Waals surface area contributed by atoms with Gasteiger partial charge in [0.2, 0.25) is 11.9 Å². The summed E-state index contributed by atoms with van der Waals surface area (Å²) in [5, 5.41) is 0. The number of nitrogens with one attached hydrogen (secondary N) is 1. The van der Waals surface area contributed by atoms with Crippen LogP contribution in [0, 0.1) is 0 Å². The van der Waals surface area contributed by atoms with Gasteiger partial charge in [-0.3, -0.25) is 14.6 Å². The van der Waals surface area contributed by atoms with E-state index >= 15 is 0 Å². The van der Waals surface area contributed by atoms with Crippen LogP contribution in [0.4, 0.5) is 5.95 Å². The summed E-state index contributed by atoms with van der Waals surface area (Å²) in [6, 6.07) is 5.49. The summed E-state index contributed by atoms with van der Waals surface area (Å²) < 4.78 is 10.6. The fraction of sp³-hybridized carbons (Fsp3) is 0.476. The number of ether oxygens (including phenoxy) is 2. The lowest BCUT2D eigenvalue weighted by atomic mass is 10.0. The third-order valence-electron chi connectivity index (χ3n) is 5.62. The minimum absolute atomic E-state index is 0.00711. The number of nitrogens with zero attached hydrogens (tertiary/aromatic N) is 3. The van der Waals surface area contributed by atoms with Crippen LogP contribution >= 0.6 is 0 Å². The molecule has 8 heteroatoms. The second-order valence-electron chi connectivity index (χ2n) is 7.44. The van der Waals surface area contributed by atoms with Gasteiger partial charge in [-0.15, -0.1) is 0 Å². The molecule has 0 spiro atoms. The minimum atomic E-state index is -0.0797. The number of benzene rings is 1.